The lowest BCUT2D eigenvalue weighted by molar-refractivity contribution is 0.102. The first-order valence-corrected chi connectivity index (χ1v) is 11.2. The fraction of sp³-hybridized carbons (Fsp3) is 0.200. The smallest absolute Gasteiger partial charge is 0.257 e. The molecule has 8 heteroatoms. The van der Waals surface area contributed by atoms with Crippen molar-refractivity contribution in [1.82, 2.24) is 14.5 Å². The highest BCUT2D eigenvalue weighted by Crippen LogP contribution is 2.35. The number of nitrogen functional groups attached to an aromatic ring is 1. The van der Waals surface area contributed by atoms with E-state index in [1.54, 1.807) is 48.5 Å². The van der Waals surface area contributed by atoms with Gasteiger partial charge in [0.25, 0.3) is 5.91 Å². The molecule has 1 fully saturated rings. The van der Waals surface area contributed by atoms with Crippen molar-refractivity contribution in [3.05, 3.63) is 82.8 Å². The van der Waals surface area contributed by atoms with E-state index in [9.17, 15) is 9.59 Å². The first-order chi connectivity index (χ1) is 16.0. The summed E-state index contributed by atoms with van der Waals surface area (Å²) in [6.45, 7) is 0. The highest BCUT2D eigenvalue weighted by molar-refractivity contribution is 6.34. The Hall–Kier alpha value is -3.71. The summed E-state index contributed by atoms with van der Waals surface area (Å²) in [5.41, 5.74) is 8.77. The Morgan fingerprint density at radius 2 is 1.73 bits per heavy atom. The molecule has 2 aromatic carbocycles. The highest BCUT2D eigenvalue weighted by atomic mass is 35.5. The number of carbonyl (C=O) groups excluding carboxylic acids is 2. The van der Waals surface area contributed by atoms with Crippen molar-refractivity contribution in [2.75, 3.05) is 11.1 Å². The third-order valence-electron chi connectivity index (χ3n) is 6.12. The number of nitrogens with zero attached hydrogens (tertiary/aromatic N) is 3. The number of carbonyl (C=O) groups is 2. The minimum atomic E-state index is -0.316. The summed E-state index contributed by atoms with van der Waals surface area (Å²) in [7, 11) is 0. The third kappa shape index (κ3) is 3.96. The maximum atomic E-state index is 13.4. The van der Waals surface area contributed by atoms with Crippen LogP contribution in [0.2, 0.25) is 5.02 Å². The van der Waals surface area contributed by atoms with Crippen molar-refractivity contribution in [1.29, 1.82) is 0 Å². The Balaban J connectivity index is 1.43. The molecule has 0 radical (unpaired) electrons. The van der Waals surface area contributed by atoms with Crippen LogP contribution in [0.15, 0.2) is 61.1 Å². The van der Waals surface area contributed by atoms with E-state index < -0.39 is 0 Å². The molecule has 0 unspecified atom stereocenters. The molecule has 1 amide bonds. The van der Waals surface area contributed by atoms with Crippen LogP contribution in [0.5, 0.6) is 0 Å². The van der Waals surface area contributed by atoms with Crippen molar-refractivity contribution in [3.8, 4) is 0 Å². The standard InChI is InChI=1S/C25H22ClN5O2/c26-20-8-4-3-7-18(20)25(33)30-16-11-9-15(10-12-16)22(32)19-13-31(17-5-1-2-6-17)24-21(19)23(27)28-14-29-24/h3-4,7-14,17H,1-2,5-6H2,(H,30,33)(H2,27,28,29). The summed E-state index contributed by atoms with van der Waals surface area (Å²) in [5.74, 6) is -0.185. The normalized spacial score (nSPS) is 14.0. The second kappa shape index (κ2) is 8.67. The molecular weight excluding hydrogens is 438 g/mol. The van der Waals surface area contributed by atoms with Crippen LogP contribution in [0.4, 0.5) is 11.5 Å². The molecule has 0 bridgehead atoms. The first kappa shape index (κ1) is 21.2. The average Bonchev–Trinajstić information content (AvgIpc) is 3.48. The summed E-state index contributed by atoms with van der Waals surface area (Å²) in [6, 6.07) is 13.9. The minimum Gasteiger partial charge on any atom is -0.383 e. The fourth-order valence-electron chi connectivity index (χ4n) is 4.45. The van der Waals surface area contributed by atoms with Crippen molar-refractivity contribution in [2.24, 2.45) is 0 Å². The van der Waals surface area contributed by atoms with E-state index in [0.717, 1.165) is 25.7 Å². The highest BCUT2D eigenvalue weighted by Gasteiger charge is 2.25. The Morgan fingerprint density at radius 1 is 1.00 bits per heavy atom. The molecule has 0 spiro atoms. The lowest BCUT2D eigenvalue weighted by Gasteiger charge is -2.12. The molecule has 1 aliphatic carbocycles. The number of anilines is 2. The summed E-state index contributed by atoms with van der Waals surface area (Å²) in [4.78, 5) is 34.4. The van der Waals surface area contributed by atoms with Gasteiger partial charge in [-0.3, -0.25) is 9.59 Å². The van der Waals surface area contributed by atoms with Crippen LogP contribution < -0.4 is 11.1 Å². The van der Waals surface area contributed by atoms with E-state index in [2.05, 4.69) is 19.9 Å². The number of benzene rings is 2. The van der Waals surface area contributed by atoms with E-state index >= 15 is 0 Å². The Kier molecular flexibility index (Phi) is 5.56. The van der Waals surface area contributed by atoms with E-state index in [1.807, 2.05) is 6.20 Å². The number of hydrogen-bond donors (Lipinski definition) is 2. The van der Waals surface area contributed by atoms with Crippen LogP contribution in [-0.4, -0.2) is 26.2 Å². The number of nitrogens with two attached hydrogens (primary N) is 1. The number of fused-ring (bicyclic) bond motifs is 1. The SMILES string of the molecule is Nc1ncnc2c1c(C(=O)c1ccc(NC(=O)c3ccccc3Cl)cc1)cn2C1CCCC1. The molecule has 0 aliphatic heterocycles. The van der Waals surface area contributed by atoms with Gasteiger partial charge in [-0.2, -0.15) is 0 Å². The molecule has 2 aromatic heterocycles. The number of rotatable bonds is 5. The van der Waals surface area contributed by atoms with Crippen LogP contribution in [-0.2, 0) is 0 Å². The number of ketones is 1. The minimum absolute atomic E-state index is 0.165. The van der Waals surface area contributed by atoms with Gasteiger partial charge in [0.05, 0.1) is 21.5 Å². The predicted octanol–water partition coefficient (Wildman–Crippen LogP) is 5.27. The number of nitrogens with one attached hydrogen (secondary N) is 1. The van der Waals surface area contributed by atoms with Gasteiger partial charge in [0.15, 0.2) is 5.78 Å². The Morgan fingerprint density at radius 3 is 2.45 bits per heavy atom. The third-order valence-corrected chi connectivity index (χ3v) is 6.45. The van der Waals surface area contributed by atoms with Gasteiger partial charge in [0.2, 0.25) is 0 Å². The zero-order chi connectivity index (χ0) is 22.9. The zero-order valence-electron chi connectivity index (χ0n) is 17.8. The quantitative estimate of drug-likeness (QED) is 0.396. The number of hydrogen-bond acceptors (Lipinski definition) is 5. The van der Waals surface area contributed by atoms with Crippen molar-refractivity contribution in [3.63, 3.8) is 0 Å². The number of amides is 1. The number of halogens is 1. The molecule has 166 valence electrons. The molecule has 1 saturated carbocycles. The maximum Gasteiger partial charge on any atom is 0.257 e. The summed E-state index contributed by atoms with van der Waals surface area (Å²) < 4.78 is 2.08. The first-order valence-electron chi connectivity index (χ1n) is 10.8. The lowest BCUT2D eigenvalue weighted by Crippen LogP contribution is -2.12. The molecule has 0 saturated heterocycles. The second-order valence-electron chi connectivity index (χ2n) is 8.19. The summed E-state index contributed by atoms with van der Waals surface area (Å²) in [6.07, 6.45) is 7.74. The number of aromatic nitrogens is 3. The molecule has 0 atom stereocenters. The summed E-state index contributed by atoms with van der Waals surface area (Å²) >= 11 is 6.10. The predicted molar refractivity (Wildman–Crippen MR) is 129 cm³/mol. The molecule has 4 aromatic rings. The van der Waals surface area contributed by atoms with Gasteiger partial charge < -0.3 is 15.6 Å². The summed E-state index contributed by atoms with van der Waals surface area (Å²) in [5, 5.41) is 3.77. The molecule has 1 aliphatic rings. The topological polar surface area (TPSA) is 103 Å². The van der Waals surface area contributed by atoms with Gasteiger partial charge in [-0.25, -0.2) is 9.97 Å². The van der Waals surface area contributed by atoms with Gasteiger partial charge in [-0.1, -0.05) is 36.6 Å². The Bertz CT molecular complexity index is 1360. The van der Waals surface area contributed by atoms with E-state index in [-0.39, 0.29) is 11.7 Å². The van der Waals surface area contributed by atoms with Crippen molar-refractivity contribution >= 4 is 45.8 Å². The van der Waals surface area contributed by atoms with Crippen LogP contribution >= 0.6 is 11.6 Å². The average molecular weight is 460 g/mol. The van der Waals surface area contributed by atoms with Gasteiger partial charge in [0, 0.05) is 23.5 Å². The molecule has 5 rings (SSSR count). The van der Waals surface area contributed by atoms with E-state index in [4.69, 9.17) is 17.3 Å². The largest absolute Gasteiger partial charge is 0.383 e. The van der Waals surface area contributed by atoms with Crippen LogP contribution in [0.1, 0.15) is 58.0 Å². The maximum absolute atomic E-state index is 13.4. The molecular formula is C25H22ClN5O2. The molecule has 33 heavy (non-hydrogen) atoms. The van der Waals surface area contributed by atoms with Crippen molar-refractivity contribution < 1.29 is 9.59 Å². The lowest BCUT2D eigenvalue weighted by atomic mass is 10.0. The van der Waals surface area contributed by atoms with Gasteiger partial charge in [-0.15, -0.1) is 0 Å². The second-order valence-corrected chi connectivity index (χ2v) is 8.59. The van der Waals surface area contributed by atoms with Crippen LogP contribution in [0, 0.1) is 0 Å². The molecule has 3 N–H and O–H groups in total. The van der Waals surface area contributed by atoms with E-state index in [1.165, 1.54) is 6.33 Å². The fourth-order valence-corrected chi connectivity index (χ4v) is 4.67. The van der Waals surface area contributed by atoms with Gasteiger partial charge in [0.1, 0.15) is 17.8 Å². The Labute approximate surface area is 195 Å². The zero-order valence-corrected chi connectivity index (χ0v) is 18.5. The van der Waals surface area contributed by atoms with Gasteiger partial charge in [-0.05, 0) is 49.2 Å². The van der Waals surface area contributed by atoms with Crippen LogP contribution in [0.25, 0.3) is 11.0 Å². The van der Waals surface area contributed by atoms with Crippen molar-refractivity contribution in [2.45, 2.75) is 31.7 Å². The monoisotopic (exact) mass is 459 g/mol. The molecule has 7 nitrogen and oxygen atoms in total. The van der Waals surface area contributed by atoms with Gasteiger partial charge >= 0.3 is 0 Å². The molecule has 2 heterocycles. The van der Waals surface area contributed by atoms with E-state index in [0.29, 0.717) is 50.3 Å². The van der Waals surface area contributed by atoms with Crippen LogP contribution in [0.3, 0.4) is 0 Å².